The molecule has 1 N–H and O–H groups in total. The van der Waals surface area contributed by atoms with Gasteiger partial charge in [-0.15, -0.1) is 0 Å². The highest BCUT2D eigenvalue weighted by Gasteiger charge is 2.12. The van der Waals surface area contributed by atoms with E-state index in [9.17, 15) is 4.79 Å². The summed E-state index contributed by atoms with van der Waals surface area (Å²) in [5.74, 6) is 0.956. The Hall–Kier alpha value is -3.34. The van der Waals surface area contributed by atoms with Gasteiger partial charge in [-0.2, -0.15) is 0 Å². The van der Waals surface area contributed by atoms with Gasteiger partial charge in [0.15, 0.2) is 11.5 Å². The molecule has 1 aromatic heterocycles. The molecule has 144 valence electrons. The third kappa shape index (κ3) is 5.10. The van der Waals surface area contributed by atoms with E-state index >= 15 is 0 Å². The standard InChI is InChI=1S/C23H24N2O3/c1-4-27-22-14-19(23(26)25-20-12-16(2)11-17(3)13-20)5-6-21(22)28-15-18-7-9-24-10-8-18/h5-14H,4,15H2,1-3H3,(H,25,26). The highest BCUT2D eigenvalue weighted by Crippen LogP contribution is 2.29. The first-order valence-corrected chi connectivity index (χ1v) is 9.23. The smallest absolute Gasteiger partial charge is 0.255 e. The molecule has 0 bridgehead atoms. The first-order chi connectivity index (χ1) is 13.5. The van der Waals surface area contributed by atoms with Gasteiger partial charge in [0.2, 0.25) is 0 Å². The average Bonchev–Trinajstić information content (AvgIpc) is 2.67. The van der Waals surface area contributed by atoms with Crippen LogP contribution in [0, 0.1) is 13.8 Å². The van der Waals surface area contributed by atoms with Crippen LogP contribution in [-0.2, 0) is 6.61 Å². The van der Waals surface area contributed by atoms with Crippen molar-refractivity contribution in [1.29, 1.82) is 0 Å². The minimum atomic E-state index is -0.188. The largest absolute Gasteiger partial charge is 0.490 e. The third-order valence-corrected chi connectivity index (χ3v) is 4.13. The summed E-state index contributed by atoms with van der Waals surface area (Å²) in [5, 5.41) is 2.94. The number of nitrogens with zero attached hydrogens (tertiary/aromatic N) is 1. The maximum Gasteiger partial charge on any atom is 0.255 e. The molecular weight excluding hydrogens is 352 g/mol. The summed E-state index contributed by atoms with van der Waals surface area (Å²) in [6, 6.07) is 15.0. The third-order valence-electron chi connectivity index (χ3n) is 4.13. The van der Waals surface area contributed by atoms with Crippen molar-refractivity contribution in [2.75, 3.05) is 11.9 Å². The van der Waals surface area contributed by atoms with Crippen LogP contribution in [0.3, 0.4) is 0 Å². The lowest BCUT2D eigenvalue weighted by atomic mass is 10.1. The number of aryl methyl sites for hydroxylation is 2. The number of ether oxygens (including phenoxy) is 2. The second-order valence-corrected chi connectivity index (χ2v) is 6.57. The lowest BCUT2D eigenvalue weighted by molar-refractivity contribution is 0.102. The quantitative estimate of drug-likeness (QED) is 0.635. The fraction of sp³-hybridized carbons (Fsp3) is 0.217. The van der Waals surface area contributed by atoms with Crippen molar-refractivity contribution in [3.8, 4) is 11.5 Å². The van der Waals surface area contributed by atoms with Gasteiger partial charge in [0.1, 0.15) is 6.61 Å². The van der Waals surface area contributed by atoms with Crippen molar-refractivity contribution in [3.63, 3.8) is 0 Å². The van der Waals surface area contributed by atoms with Crippen LogP contribution < -0.4 is 14.8 Å². The molecule has 1 amide bonds. The number of rotatable bonds is 7. The van der Waals surface area contributed by atoms with Crippen molar-refractivity contribution in [2.45, 2.75) is 27.4 Å². The molecule has 0 aliphatic rings. The zero-order chi connectivity index (χ0) is 19.9. The number of pyridine rings is 1. The van der Waals surface area contributed by atoms with E-state index in [1.165, 1.54) is 0 Å². The summed E-state index contributed by atoms with van der Waals surface area (Å²) in [6.45, 7) is 6.79. The van der Waals surface area contributed by atoms with Gasteiger partial charge < -0.3 is 14.8 Å². The summed E-state index contributed by atoms with van der Waals surface area (Å²) >= 11 is 0. The molecule has 0 fully saturated rings. The Kier molecular flexibility index (Phi) is 6.27. The first-order valence-electron chi connectivity index (χ1n) is 9.23. The van der Waals surface area contributed by atoms with E-state index in [2.05, 4.69) is 16.4 Å². The van der Waals surface area contributed by atoms with E-state index in [0.717, 1.165) is 22.4 Å². The Morgan fingerprint density at radius 2 is 1.64 bits per heavy atom. The summed E-state index contributed by atoms with van der Waals surface area (Å²) in [7, 11) is 0. The topological polar surface area (TPSA) is 60.5 Å². The molecule has 5 nitrogen and oxygen atoms in total. The molecular formula is C23H24N2O3. The van der Waals surface area contributed by atoms with Crippen LogP contribution in [0.1, 0.15) is 34.0 Å². The number of benzene rings is 2. The molecule has 3 rings (SSSR count). The SMILES string of the molecule is CCOc1cc(C(=O)Nc2cc(C)cc(C)c2)ccc1OCc1ccncc1. The zero-order valence-electron chi connectivity index (χ0n) is 16.4. The van der Waals surface area contributed by atoms with Gasteiger partial charge in [-0.25, -0.2) is 0 Å². The summed E-state index contributed by atoms with van der Waals surface area (Å²) in [5.41, 5.74) is 4.50. The first kappa shape index (κ1) is 19.4. The Morgan fingerprint density at radius 3 is 2.32 bits per heavy atom. The van der Waals surface area contributed by atoms with Gasteiger partial charge in [-0.1, -0.05) is 6.07 Å². The number of hydrogen-bond acceptors (Lipinski definition) is 4. The molecule has 0 aliphatic heterocycles. The number of nitrogens with one attached hydrogen (secondary N) is 1. The van der Waals surface area contributed by atoms with Crippen molar-refractivity contribution in [2.24, 2.45) is 0 Å². The van der Waals surface area contributed by atoms with Gasteiger partial charge in [0.05, 0.1) is 6.61 Å². The second-order valence-electron chi connectivity index (χ2n) is 6.57. The number of carbonyl (C=O) groups is 1. The normalized spacial score (nSPS) is 10.4. The Balaban J connectivity index is 1.76. The number of amides is 1. The summed E-state index contributed by atoms with van der Waals surface area (Å²) in [4.78, 5) is 16.7. The lowest BCUT2D eigenvalue weighted by Gasteiger charge is -2.14. The highest BCUT2D eigenvalue weighted by molar-refractivity contribution is 6.04. The van der Waals surface area contributed by atoms with Crippen LogP contribution in [0.4, 0.5) is 5.69 Å². The Labute approximate surface area is 165 Å². The van der Waals surface area contributed by atoms with Crippen LogP contribution in [0.25, 0.3) is 0 Å². The second kappa shape index (κ2) is 9.04. The van der Waals surface area contributed by atoms with E-state index in [1.807, 2.05) is 45.0 Å². The van der Waals surface area contributed by atoms with Crippen LogP contribution >= 0.6 is 0 Å². The van der Waals surface area contributed by atoms with Gasteiger partial charge >= 0.3 is 0 Å². The fourth-order valence-electron chi connectivity index (χ4n) is 2.93. The van der Waals surface area contributed by atoms with Crippen molar-refractivity contribution in [1.82, 2.24) is 4.98 Å². The van der Waals surface area contributed by atoms with Crippen LogP contribution in [0.5, 0.6) is 11.5 Å². The fourth-order valence-corrected chi connectivity index (χ4v) is 2.93. The van der Waals surface area contributed by atoms with E-state index in [4.69, 9.17) is 9.47 Å². The van der Waals surface area contributed by atoms with Gasteiger partial charge in [0, 0.05) is 23.6 Å². The molecule has 2 aromatic carbocycles. The minimum Gasteiger partial charge on any atom is -0.490 e. The molecule has 1 heterocycles. The summed E-state index contributed by atoms with van der Waals surface area (Å²) in [6.07, 6.45) is 3.45. The zero-order valence-corrected chi connectivity index (χ0v) is 16.4. The number of hydrogen-bond donors (Lipinski definition) is 1. The van der Waals surface area contributed by atoms with E-state index in [0.29, 0.717) is 30.3 Å². The van der Waals surface area contributed by atoms with Crippen LogP contribution in [-0.4, -0.2) is 17.5 Å². The lowest BCUT2D eigenvalue weighted by Crippen LogP contribution is -2.12. The number of anilines is 1. The monoisotopic (exact) mass is 376 g/mol. The predicted molar refractivity (Wildman–Crippen MR) is 110 cm³/mol. The van der Waals surface area contributed by atoms with Gasteiger partial charge in [0.25, 0.3) is 5.91 Å². The molecule has 0 saturated carbocycles. The highest BCUT2D eigenvalue weighted by atomic mass is 16.5. The maximum atomic E-state index is 12.7. The molecule has 0 unspecified atom stereocenters. The molecule has 0 spiro atoms. The molecule has 3 aromatic rings. The number of aromatic nitrogens is 1. The maximum absolute atomic E-state index is 12.7. The number of carbonyl (C=O) groups excluding carboxylic acids is 1. The van der Waals surface area contributed by atoms with E-state index in [-0.39, 0.29) is 5.91 Å². The molecule has 5 heteroatoms. The minimum absolute atomic E-state index is 0.188. The average molecular weight is 376 g/mol. The van der Waals surface area contributed by atoms with Gasteiger partial charge in [-0.3, -0.25) is 9.78 Å². The molecule has 0 aliphatic carbocycles. The van der Waals surface area contributed by atoms with Crippen molar-refractivity contribution < 1.29 is 14.3 Å². The van der Waals surface area contributed by atoms with Crippen molar-refractivity contribution >= 4 is 11.6 Å². The van der Waals surface area contributed by atoms with Crippen molar-refractivity contribution in [3.05, 3.63) is 83.2 Å². The molecule has 0 atom stereocenters. The Bertz CT molecular complexity index is 935. The summed E-state index contributed by atoms with van der Waals surface area (Å²) < 4.78 is 11.6. The predicted octanol–water partition coefficient (Wildman–Crippen LogP) is 4.93. The molecule has 0 saturated heterocycles. The van der Waals surface area contributed by atoms with Crippen LogP contribution in [0.15, 0.2) is 60.9 Å². The Morgan fingerprint density at radius 1 is 0.929 bits per heavy atom. The van der Waals surface area contributed by atoms with Gasteiger partial charge in [-0.05, 0) is 79.9 Å². The van der Waals surface area contributed by atoms with Crippen LogP contribution in [0.2, 0.25) is 0 Å². The molecule has 28 heavy (non-hydrogen) atoms. The molecule has 0 radical (unpaired) electrons. The van der Waals surface area contributed by atoms with E-state index < -0.39 is 0 Å². The van der Waals surface area contributed by atoms with E-state index in [1.54, 1.807) is 30.6 Å².